The predicted molar refractivity (Wildman–Crippen MR) is 97.1 cm³/mol. The number of aromatic nitrogens is 4. The van der Waals surface area contributed by atoms with Gasteiger partial charge < -0.3 is 4.90 Å². The molecule has 3 rings (SSSR count). The van der Waals surface area contributed by atoms with E-state index >= 15 is 0 Å². The highest BCUT2D eigenvalue weighted by molar-refractivity contribution is 7.89. The molecular weight excluding hydrogens is 428 g/mol. The van der Waals surface area contributed by atoms with Gasteiger partial charge in [0.25, 0.3) is 6.43 Å². The monoisotopic (exact) mass is 447 g/mol. The third kappa shape index (κ3) is 4.02. The maximum absolute atomic E-state index is 13.0. The van der Waals surface area contributed by atoms with Crippen LogP contribution in [0.2, 0.25) is 0 Å². The normalized spacial score (nSPS) is 15.7. The van der Waals surface area contributed by atoms with E-state index in [0.29, 0.717) is 0 Å². The number of piperazine rings is 1. The van der Waals surface area contributed by atoms with Crippen LogP contribution in [0.15, 0.2) is 17.3 Å². The number of nitrogens with zero attached hydrogens (tertiary/aromatic N) is 7. The molecule has 0 atom stereocenters. The van der Waals surface area contributed by atoms with Gasteiger partial charge in [-0.1, -0.05) is 0 Å². The minimum Gasteiger partial charge on any atom is -0.338 e. The Morgan fingerprint density at radius 2 is 1.93 bits per heavy atom. The molecule has 12 nitrogen and oxygen atoms in total. The van der Waals surface area contributed by atoms with Crippen molar-refractivity contribution in [2.75, 3.05) is 26.2 Å². The number of hydrogen-bond acceptors (Lipinski definition) is 7. The van der Waals surface area contributed by atoms with Gasteiger partial charge in [0.1, 0.15) is 17.1 Å². The molecule has 0 N–H and O–H groups in total. The number of carbonyl (C=O) groups excluding carboxylic acids is 1. The summed E-state index contributed by atoms with van der Waals surface area (Å²) in [7, 11) is -2.15. The van der Waals surface area contributed by atoms with Crippen LogP contribution in [0.3, 0.4) is 0 Å². The number of sulfonamides is 1. The summed E-state index contributed by atoms with van der Waals surface area (Å²) in [5.41, 5.74) is -1.95. The van der Waals surface area contributed by atoms with E-state index in [1.165, 1.54) is 33.2 Å². The van der Waals surface area contributed by atoms with Gasteiger partial charge in [-0.25, -0.2) is 17.2 Å². The van der Waals surface area contributed by atoms with Gasteiger partial charge >= 0.3 is 5.69 Å². The van der Waals surface area contributed by atoms with Gasteiger partial charge in [0.15, 0.2) is 0 Å². The number of amides is 1. The molecule has 0 aromatic carbocycles. The zero-order chi connectivity index (χ0) is 22.2. The van der Waals surface area contributed by atoms with Crippen LogP contribution in [-0.4, -0.2) is 74.2 Å². The molecule has 164 valence electrons. The van der Waals surface area contributed by atoms with E-state index in [1.54, 1.807) is 7.05 Å². The molecule has 30 heavy (non-hydrogen) atoms. The molecule has 0 bridgehead atoms. The number of rotatable bonds is 6. The summed E-state index contributed by atoms with van der Waals surface area (Å²) in [5, 5.41) is 18.4. The predicted octanol–water partition coefficient (Wildman–Crippen LogP) is 0.304. The molecule has 3 heterocycles. The van der Waals surface area contributed by atoms with E-state index in [0.717, 1.165) is 4.68 Å². The van der Waals surface area contributed by atoms with Crippen molar-refractivity contribution in [2.45, 2.75) is 24.8 Å². The second-order valence-corrected chi connectivity index (χ2v) is 8.61. The molecule has 15 heteroatoms. The van der Waals surface area contributed by atoms with Crippen molar-refractivity contribution in [3.63, 3.8) is 0 Å². The van der Waals surface area contributed by atoms with Gasteiger partial charge in [0.2, 0.25) is 21.6 Å². The zero-order valence-electron chi connectivity index (χ0n) is 16.1. The molecule has 1 aliphatic heterocycles. The SMILES string of the molecule is Cc1c([N+](=O)[O-])c(C(F)F)nn1CC(=O)N1CCN(S(=O)(=O)c2cnn(C)c2)CC1. The summed E-state index contributed by atoms with van der Waals surface area (Å²) in [6, 6.07) is 0. The van der Waals surface area contributed by atoms with E-state index in [4.69, 9.17) is 0 Å². The fourth-order valence-corrected chi connectivity index (χ4v) is 4.58. The summed E-state index contributed by atoms with van der Waals surface area (Å²) >= 11 is 0. The Hall–Kier alpha value is -2.94. The van der Waals surface area contributed by atoms with Gasteiger partial charge in [0.05, 0.1) is 11.1 Å². The van der Waals surface area contributed by atoms with E-state index < -0.39 is 45.2 Å². The fourth-order valence-electron chi connectivity index (χ4n) is 3.17. The number of aryl methyl sites for hydroxylation is 1. The first-order valence-corrected chi connectivity index (χ1v) is 10.2. The summed E-state index contributed by atoms with van der Waals surface area (Å²) in [4.78, 5) is 24.0. The first kappa shape index (κ1) is 21.8. The maximum Gasteiger partial charge on any atom is 0.319 e. The van der Waals surface area contributed by atoms with Gasteiger partial charge in [-0.15, -0.1) is 0 Å². The van der Waals surface area contributed by atoms with E-state index in [1.807, 2.05) is 0 Å². The van der Waals surface area contributed by atoms with Crippen LogP contribution in [-0.2, 0) is 28.4 Å². The van der Waals surface area contributed by atoms with Crippen LogP contribution < -0.4 is 0 Å². The fraction of sp³-hybridized carbons (Fsp3) is 0.533. The lowest BCUT2D eigenvalue weighted by atomic mass is 10.3. The van der Waals surface area contributed by atoms with E-state index in [-0.39, 0.29) is 36.8 Å². The van der Waals surface area contributed by atoms with Crippen molar-refractivity contribution in [2.24, 2.45) is 7.05 Å². The Kier molecular flexibility index (Phi) is 5.85. The summed E-state index contributed by atoms with van der Waals surface area (Å²) < 4.78 is 54.7. The first-order chi connectivity index (χ1) is 14.0. The average molecular weight is 447 g/mol. The summed E-state index contributed by atoms with van der Waals surface area (Å²) in [5.74, 6) is -0.505. The second-order valence-electron chi connectivity index (χ2n) is 6.67. The molecule has 0 unspecified atom stereocenters. The Morgan fingerprint density at radius 1 is 1.30 bits per heavy atom. The minimum atomic E-state index is -3.74. The molecule has 1 fully saturated rings. The van der Waals surface area contributed by atoms with Crippen LogP contribution >= 0.6 is 0 Å². The van der Waals surface area contributed by atoms with Crippen molar-refractivity contribution in [3.8, 4) is 0 Å². The zero-order valence-corrected chi connectivity index (χ0v) is 16.9. The molecule has 0 saturated carbocycles. The summed E-state index contributed by atoms with van der Waals surface area (Å²) in [6.07, 6.45) is -0.538. The van der Waals surface area contributed by atoms with Crippen molar-refractivity contribution in [1.82, 2.24) is 28.8 Å². The van der Waals surface area contributed by atoms with Crippen molar-refractivity contribution >= 4 is 21.6 Å². The molecule has 1 aliphatic rings. The lowest BCUT2D eigenvalue weighted by Gasteiger charge is -2.33. The Bertz CT molecular complexity index is 1070. The lowest BCUT2D eigenvalue weighted by Crippen LogP contribution is -2.51. The number of hydrogen-bond donors (Lipinski definition) is 0. The highest BCUT2D eigenvalue weighted by Gasteiger charge is 2.34. The Morgan fingerprint density at radius 3 is 2.40 bits per heavy atom. The second kappa shape index (κ2) is 8.06. The molecule has 1 amide bonds. The van der Waals surface area contributed by atoms with Crippen LogP contribution in [0.1, 0.15) is 17.8 Å². The number of halogens is 2. The smallest absolute Gasteiger partial charge is 0.319 e. The molecule has 2 aromatic heterocycles. The molecule has 2 aromatic rings. The first-order valence-electron chi connectivity index (χ1n) is 8.78. The topological polar surface area (TPSA) is 136 Å². The molecular formula is C15H19F2N7O5S. The third-order valence-electron chi connectivity index (χ3n) is 4.79. The largest absolute Gasteiger partial charge is 0.338 e. The number of nitro groups is 1. The number of carbonyl (C=O) groups is 1. The molecule has 0 spiro atoms. The molecule has 1 saturated heterocycles. The van der Waals surface area contributed by atoms with Crippen LogP contribution in [0.4, 0.5) is 14.5 Å². The van der Waals surface area contributed by atoms with Gasteiger partial charge in [-0.05, 0) is 6.92 Å². The lowest BCUT2D eigenvalue weighted by molar-refractivity contribution is -0.386. The molecule has 0 aliphatic carbocycles. The van der Waals surface area contributed by atoms with Crippen molar-refractivity contribution < 1.29 is 26.9 Å². The highest BCUT2D eigenvalue weighted by Crippen LogP contribution is 2.30. The third-order valence-corrected chi connectivity index (χ3v) is 6.64. The van der Waals surface area contributed by atoms with Crippen LogP contribution in [0.5, 0.6) is 0 Å². The average Bonchev–Trinajstić information content (AvgIpc) is 3.26. The maximum atomic E-state index is 13.0. The van der Waals surface area contributed by atoms with Crippen LogP contribution in [0.25, 0.3) is 0 Å². The van der Waals surface area contributed by atoms with E-state index in [9.17, 15) is 32.1 Å². The van der Waals surface area contributed by atoms with Crippen molar-refractivity contribution in [3.05, 3.63) is 33.9 Å². The van der Waals surface area contributed by atoms with Gasteiger partial charge in [-0.3, -0.25) is 24.3 Å². The van der Waals surface area contributed by atoms with E-state index in [2.05, 4.69) is 10.2 Å². The Labute approximate surface area is 169 Å². The highest BCUT2D eigenvalue weighted by atomic mass is 32.2. The molecule has 0 radical (unpaired) electrons. The summed E-state index contributed by atoms with van der Waals surface area (Å²) in [6.45, 7) is 1.04. The quantitative estimate of drug-likeness (QED) is 0.459. The van der Waals surface area contributed by atoms with Gasteiger partial charge in [0, 0.05) is 39.4 Å². The van der Waals surface area contributed by atoms with Crippen LogP contribution in [0, 0.1) is 17.0 Å². The Balaban J connectivity index is 1.68. The standard InChI is InChI=1S/C15H19F2N7O5S/c1-10-14(24(26)27)13(15(16)17)19-23(10)9-12(25)21-3-5-22(6-4-21)30(28,29)11-7-18-20(2)8-11/h7-8,15H,3-6,9H2,1-2H3. The van der Waals surface area contributed by atoms with Gasteiger partial charge in [-0.2, -0.15) is 14.5 Å². The number of alkyl halides is 2. The van der Waals surface area contributed by atoms with Crippen molar-refractivity contribution in [1.29, 1.82) is 0 Å². The minimum absolute atomic E-state index is 0.0451.